The van der Waals surface area contributed by atoms with Crippen molar-refractivity contribution in [3.63, 3.8) is 0 Å². The molecule has 4 heteroatoms. The summed E-state index contributed by atoms with van der Waals surface area (Å²) in [6.45, 7) is 15.9. The highest BCUT2D eigenvalue weighted by atomic mass is 16.1. The van der Waals surface area contributed by atoms with Crippen LogP contribution in [0.15, 0.2) is 0 Å². The Morgan fingerprint density at radius 1 is 1.09 bits per heavy atom. The lowest BCUT2D eigenvalue weighted by Gasteiger charge is -2.35. The Hall–Kier alpha value is -0.610. The van der Waals surface area contributed by atoms with E-state index in [1.54, 1.807) is 0 Å². The zero-order chi connectivity index (χ0) is 16.2. The normalized spacial score (nSPS) is 28.0. The van der Waals surface area contributed by atoms with Gasteiger partial charge in [0.05, 0.1) is 0 Å². The summed E-state index contributed by atoms with van der Waals surface area (Å²) >= 11 is 0. The van der Waals surface area contributed by atoms with Crippen molar-refractivity contribution < 1.29 is 4.79 Å². The number of nitrogens with zero attached hydrogens (tertiary/aromatic N) is 2. The van der Waals surface area contributed by atoms with Crippen molar-refractivity contribution in [3.05, 3.63) is 0 Å². The zero-order valence-electron chi connectivity index (χ0n) is 15.0. The van der Waals surface area contributed by atoms with E-state index in [0.29, 0.717) is 12.5 Å². The standard InChI is InChI=1S/C18H35N3O/c1-5-20-8-10-21(11-9-20)14-15-6-7-16(12-15)19-17(22)13-18(2,3)4/h15-16H,5-14H2,1-4H3,(H,19,22)/t15-,16+/m0/s1. The van der Waals surface area contributed by atoms with E-state index in [1.807, 2.05) is 0 Å². The summed E-state index contributed by atoms with van der Waals surface area (Å²) in [6.07, 6.45) is 4.24. The average molecular weight is 309 g/mol. The number of carbonyl (C=O) groups is 1. The number of carbonyl (C=O) groups excluding carboxylic acids is 1. The second-order valence-electron chi connectivity index (χ2n) is 8.42. The second-order valence-corrected chi connectivity index (χ2v) is 8.42. The molecule has 1 aliphatic carbocycles. The average Bonchev–Trinajstić information content (AvgIpc) is 2.84. The molecule has 2 fully saturated rings. The highest BCUT2D eigenvalue weighted by molar-refractivity contribution is 5.76. The predicted molar refractivity (Wildman–Crippen MR) is 91.9 cm³/mol. The van der Waals surface area contributed by atoms with Gasteiger partial charge in [0.2, 0.25) is 5.91 Å². The molecule has 2 atom stereocenters. The van der Waals surface area contributed by atoms with E-state index >= 15 is 0 Å². The molecule has 128 valence electrons. The van der Waals surface area contributed by atoms with Gasteiger partial charge in [0, 0.05) is 45.2 Å². The smallest absolute Gasteiger partial charge is 0.220 e. The van der Waals surface area contributed by atoms with Gasteiger partial charge in [-0.2, -0.15) is 0 Å². The zero-order valence-corrected chi connectivity index (χ0v) is 15.0. The van der Waals surface area contributed by atoms with E-state index in [4.69, 9.17) is 0 Å². The molecular weight excluding hydrogens is 274 g/mol. The van der Waals surface area contributed by atoms with Gasteiger partial charge in [-0.15, -0.1) is 0 Å². The number of hydrogen-bond donors (Lipinski definition) is 1. The van der Waals surface area contributed by atoms with Crippen LogP contribution >= 0.6 is 0 Å². The molecule has 0 aromatic carbocycles. The minimum absolute atomic E-state index is 0.0844. The number of likely N-dealkylation sites (N-methyl/N-ethyl adjacent to an activating group) is 1. The predicted octanol–water partition coefficient (Wildman–Crippen LogP) is 2.34. The van der Waals surface area contributed by atoms with E-state index in [1.165, 1.54) is 52.1 Å². The molecule has 0 radical (unpaired) electrons. The third-order valence-electron chi connectivity index (χ3n) is 5.03. The Labute approximate surface area is 136 Å². The van der Waals surface area contributed by atoms with Gasteiger partial charge >= 0.3 is 0 Å². The van der Waals surface area contributed by atoms with Gasteiger partial charge in [-0.25, -0.2) is 0 Å². The molecule has 2 rings (SSSR count). The first-order chi connectivity index (χ1) is 10.4. The molecule has 0 unspecified atom stereocenters. The maximum atomic E-state index is 12.1. The first kappa shape index (κ1) is 17.7. The van der Waals surface area contributed by atoms with Crippen molar-refractivity contribution in [1.82, 2.24) is 15.1 Å². The first-order valence-corrected chi connectivity index (χ1v) is 9.10. The molecule has 1 heterocycles. The minimum atomic E-state index is 0.0844. The maximum Gasteiger partial charge on any atom is 0.220 e. The summed E-state index contributed by atoms with van der Waals surface area (Å²) in [7, 11) is 0. The van der Waals surface area contributed by atoms with E-state index in [9.17, 15) is 4.79 Å². The van der Waals surface area contributed by atoms with Crippen LogP contribution < -0.4 is 5.32 Å². The van der Waals surface area contributed by atoms with E-state index in [0.717, 1.165) is 12.3 Å². The molecular formula is C18H35N3O. The molecule has 1 saturated carbocycles. The van der Waals surface area contributed by atoms with Gasteiger partial charge < -0.3 is 15.1 Å². The Bertz CT molecular complexity index is 356. The van der Waals surface area contributed by atoms with Gasteiger partial charge in [0.15, 0.2) is 0 Å². The highest BCUT2D eigenvalue weighted by Crippen LogP contribution is 2.27. The summed E-state index contributed by atoms with van der Waals surface area (Å²) < 4.78 is 0. The minimum Gasteiger partial charge on any atom is -0.353 e. The Morgan fingerprint density at radius 2 is 1.73 bits per heavy atom. The van der Waals surface area contributed by atoms with Gasteiger partial charge in [-0.3, -0.25) is 4.79 Å². The third-order valence-corrected chi connectivity index (χ3v) is 5.03. The van der Waals surface area contributed by atoms with E-state index in [2.05, 4.69) is 42.8 Å². The largest absolute Gasteiger partial charge is 0.353 e. The van der Waals surface area contributed by atoms with Crippen LogP contribution in [0.4, 0.5) is 0 Å². The molecule has 1 saturated heterocycles. The van der Waals surface area contributed by atoms with Crippen molar-refractivity contribution in [2.75, 3.05) is 39.3 Å². The summed E-state index contributed by atoms with van der Waals surface area (Å²) in [5.74, 6) is 1.00. The molecule has 2 aliphatic rings. The number of rotatable bonds is 5. The fraction of sp³-hybridized carbons (Fsp3) is 0.944. The number of nitrogens with one attached hydrogen (secondary N) is 1. The summed E-state index contributed by atoms with van der Waals surface area (Å²) in [6, 6.07) is 0.414. The molecule has 0 spiro atoms. The number of piperazine rings is 1. The lowest BCUT2D eigenvalue weighted by atomic mass is 9.92. The SMILES string of the molecule is CCN1CCN(C[C@H]2CC[C@@H](NC(=O)CC(C)(C)C)C2)CC1. The third kappa shape index (κ3) is 5.88. The Balaban J connectivity index is 1.66. The molecule has 1 N–H and O–H groups in total. The quantitative estimate of drug-likeness (QED) is 0.847. The van der Waals surface area contributed by atoms with Gasteiger partial charge in [0.1, 0.15) is 0 Å². The van der Waals surface area contributed by atoms with E-state index < -0.39 is 0 Å². The fourth-order valence-corrected chi connectivity index (χ4v) is 3.79. The molecule has 0 bridgehead atoms. The van der Waals surface area contributed by atoms with Gasteiger partial charge in [0.25, 0.3) is 0 Å². The van der Waals surface area contributed by atoms with Crippen molar-refractivity contribution in [1.29, 1.82) is 0 Å². The van der Waals surface area contributed by atoms with Crippen LogP contribution in [0.3, 0.4) is 0 Å². The highest BCUT2D eigenvalue weighted by Gasteiger charge is 2.29. The van der Waals surface area contributed by atoms with Gasteiger partial charge in [-0.05, 0) is 37.1 Å². The molecule has 22 heavy (non-hydrogen) atoms. The molecule has 4 nitrogen and oxygen atoms in total. The van der Waals surface area contributed by atoms with Gasteiger partial charge in [-0.1, -0.05) is 27.7 Å². The van der Waals surface area contributed by atoms with Crippen LogP contribution in [0.25, 0.3) is 0 Å². The van der Waals surface area contributed by atoms with Crippen LogP contribution in [0, 0.1) is 11.3 Å². The lowest BCUT2D eigenvalue weighted by Crippen LogP contribution is -2.47. The molecule has 0 aromatic heterocycles. The molecule has 1 amide bonds. The number of amides is 1. The maximum absolute atomic E-state index is 12.1. The molecule has 0 aromatic rings. The van der Waals surface area contributed by atoms with Crippen molar-refractivity contribution >= 4 is 5.91 Å². The molecule has 1 aliphatic heterocycles. The lowest BCUT2D eigenvalue weighted by molar-refractivity contribution is -0.123. The Morgan fingerprint density at radius 3 is 2.32 bits per heavy atom. The number of hydrogen-bond acceptors (Lipinski definition) is 3. The van der Waals surface area contributed by atoms with Crippen molar-refractivity contribution in [3.8, 4) is 0 Å². The van der Waals surface area contributed by atoms with Crippen LogP contribution in [0.5, 0.6) is 0 Å². The monoisotopic (exact) mass is 309 g/mol. The summed E-state index contributed by atoms with van der Waals surface area (Å²) in [5.41, 5.74) is 0.0844. The van der Waals surface area contributed by atoms with Crippen LogP contribution in [0.1, 0.15) is 53.4 Å². The van der Waals surface area contributed by atoms with Crippen molar-refractivity contribution in [2.45, 2.75) is 59.4 Å². The fourth-order valence-electron chi connectivity index (χ4n) is 3.79. The summed E-state index contributed by atoms with van der Waals surface area (Å²) in [5, 5.41) is 3.25. The van der Waals surface area contributed by atoms with Crippen LogP contribution in [-0.2, 0) is 4.79 Å². The van der Waals surface area contributed by atoms with E-state index in [-0.39, 0.29) is 11.3 Å². The topological polar surface area (TPSA) is 35.6 Å². The van der Waals surface area contributed by atoms with Crippen molar-refractivity contribution in [2.24, 2.45) is 11.3 Å². The summed E-state index contributed by atoms with van der Waals surface area (Å²) in [4.78, 5) is 17.2. The Kier molecular flexibility index (Phi) is 6.27. The van der Waals surface area contributed by atoms with Crippen LogP contribution in [0.2, 0.25) is 0 Å². The van der Waals surface area contributed by atoms with Crippen LogP contribution in [-0.4, -0.2) is 61.0 Å². The second kappa shape index (κ2) is 7.78. The first-order valence-electron chi connectivity index (χ1n) is 9.10.